The average Bonchev–Trinajstić information content (AvgIpc) is 2.54. The molecule has 0 aliphatic heterocycles. The van der Waals surface area contributed by atoms with Crippen molar-refractivity contribution in [3.63, 3.8) is 0 Å². The lowest BCUT2D eigenvalue weighted by atomic mass is 9.83. The van der Waals surface area contributed by atoms with Gasteiger partial charge in [0, 0.05) is 0 Å². The molecule has 3 heteroatoms. The van der Waals surface area contributed by atoms with Crippen molar-refractivity contribution in [2.45, 2.75) is 25.3 Å². The highest BCUT2D eigenvalue weighted by Crippen LogP contribution is 2.24. The average molecular weight is 283 g/mol. The number of aliphatic hydroxyl groups is 1. The van der Waals surface area contributed by atoms with E-state index in [-0.39, 0.29) is 18.6 Å². The molecule has 1 amide bonds. The summed E-state index contributed by atoms with van der Waals surface area (Å²) in [5, 5.41) is 12.5. The second kappa shape index (κ2) is 6.55. The molecule has 0 radical (unpaired) electrons. The molecule has 0 saturated heterocycles. The van der Waals surface area contributed by atoms with Gasteiger partial charge in [-0.15, -0.1) is 0 Å². The van der Waals surface area contributed by atoms with Crippen molar-refractivity contribution in [3.05, 3.63) is 71.8 Å². The van der Waals surface area contributed by atoms with E-state index in [9.17, 15) is 9.90 Å². The molecule has 21 heavy (non-hydrogen) atoms. The zero-order valence-corrected chi connectivity index (χ0v) is 12.4. The lowest BCUT2D eigenvalue weighted by Crippen LogP contribution is -2.42. The fourth-order valence-electron chi connectivity index (χ4n) is 2.24. The van der Waals surface area contributed by atoms with Gasteiger partial charge in [0.2, 0.25) is 5.91 Å². The van der Waals surface area contributed by atoms with Gasteiger partial charge in [-0.05, 0) is 25.0 Å². The number of rotatable bonds is 5. The summed E-state index contributed by atoms with van der Waals surface area (Å²) in [6.07, 6.45) is 0. The minimum Gasteiger partial charge on any atom is -0.394 e. The van der Waals surface area contributed by atoms with Crippen LogP contribution in [0.15, 0.2) is 60.7 Å². The smallest absolute Gasteiger partial charge is 0.230 e. The van der Waals surface area contributed by atoms with Gasteiger partial charge >= 0.3 is 0 Å². The second-order valence-corrected chi connectivity index (χ2v) is 5.61. The molecule has 2 rings (SSSR count). The lowest BCUT2D eigenvalue weighted by Gasteiger charge is -2.27. The van der Waals surface area contributed by atoms with E-state index < -0.39 is 5.41 Å². The Bertz CT molecular complexity index is 579. The molecule has 1 atom stereocenters. The predicted molar refractivity (Wildman–Crippen MR) is 83.9 cm³/mol. The van der Waals surface area contributed by atoms with Gasteiger partial charge in [-0.2, -0.15) is 0 Å². The number of hydrogen-bond donors (Lipinski definition) is 2. The number of aliphatic hydroxyl groups excluding tert-OH is 1. The quantitative estimate of drug-likeness (QED) is 0.886. The minimum absolute atomic E-state index is 0.100. The van der Waals surface area contributed by atoms with E-state index >= 15 is 0 Å². The van der Waals surface area contributed by atoms with Crippen LogP contribution in [0.25, 0.3) is 0 Å². The lowest BCUT2D eigenvalue weighted by molar-refractivity contribution is -0.126. The Labute approximate surface area is 125 Å². The van der Waals surface area contributed by atoms with Crippen LogP contribution in [0.1, 0.15) is 31.0 Å². The molecule has 0 bridgehead atoms. The van der Waals surface area contributed by atoms with Crippen LogP contribution in [0.2, 0.25) is 0 Å². The summed E-state index contributed by atoms with van der Waals surface area (Å²) in [6.45, 7) is 3.65. The van der Waals surface area contributed by atoms with E-state index in [1.165, 1.54) is 0 Å². The molecule has 0 saturated carbocycles. The standard InChI is InChI=1S/C18H21NO2/c1-18(2,15-11-7-4-8-12-15)17(21)19-16(13-20)14-9-5-3-6-10-14/h3-12,16,20H,13H2,1-2H3,(H,19,21)/t16-/m1/s1. The van der Waals surface area contributed by atoms with Crippen molar-refractivity contribution in [2.24, 2.45) is 0 Å². The third kappa shape index (κ3) is 3.50. The highest BCUT2D eigenvalue weighted by Gasteiger charge is 2.31. The molecule has 0 unspecified atom stereocenters. The van der Waals surface area contributed by atoms with Gasteiger partial charge in [0.05, 0.1) is 18.1 Å². The van der Waals surface area contributed by atoms with E-state index in [1.54, 1.807) is 0 Å². The summed E-state index contributed by atoms with van der Waals surface area (Å²) in [6, 6.07) is 18.8. The van der Waals surface area contributed by atoms with Crippen LogP contribution in [0.5, 0.6) is 0 Å². The SMILES string of the molecule is CC(C)(C(=O)N[C@H](CO)c1ccccc1)c1ccccc1. The van der Waals surface area contributed by atoms with E-state index in [4.69, 9.17) is 0 Å². The van der Waals surface area contributed by atoms with E-state index in [1.807, 2.05) is 74.5 Å². The van der Waals surface area contributed by atoms with E-state index in [0.29, 0.717) is 0 Å². The fourth-order valence-corrected chi connectivity index (χ4v) is 2.24. The topological polar surface area (TPSA) is 49.3 Å². The molecule has 0 heterocycles. The monoisotopic (exact) mass is 283 g/mol. The number of amides is 1. The molecule has 110 valence electrons. The maximum Gasteiger partial charge on any atom is 0.230 e. The number of nitrogens with one attached hydrogen (secondary N) is 1. The first-order valence-corrected chi connectivity index (χ1v) is 7.08. The Hall–Kier alpha value is -2.13. The molecular formula is C18H21NO2. The fraction of sp³-hybridized carbons (Fsp3) is 0.278. The van der Waals surface area contributed by atoms with Crippen molar-refractivity contribution in [2.75, 3.05) is 6.61 Å². The normalized spacial score (nSPS) is 12.7. The molecule has 0 aliphatic carbocycles. The summed E-state index contributed by atoms with van der Waals surface area (Å²) >= 11 is 0. The predicted octanol–water partition coefficient (Wildman–Crippen LogP) is 2.81. The molecule has 0 aliphatic rings. The zero-order chi connectivity index (χ0) is 15.3. The van der Waals surface area contributed by atoms with Gasteiger partial charge in [0.25, 0.3) is 0 Å². The van der Waals surface area contributed by atoms with Gasteiger partial charge < -0.3 is 10.4 Å². The van der Waals surface area contributed by atoms with Crippen LogP contribution in [-0.2, 0) is 10.2 Å². The minimum atomic E-state index is -0.649. The van der Waals surface area contributed by atoms with Crippen molar-refractivity contribution < 1.29 is 9.90 Å². The Morgan fingerprint density at radius 2 is 1.57 bits per heavy atom. The Morgan fingerprint density at radius 3 is 2.10 bits per heavy atom. The molecule has 0 fully saturated rings. The highest BCUT2D eigenvalue weighted by atomic mass is 16.3. The molecule has 3 nitrogen and oxygen atoms in total. The largest absolute Gasteiger partial charge is 0.394 e. The zero-order valence-electron chi connectivity index (χ0n) is 12.4. The van der Waals surface area contributed by atoms with Gasteiger partial charge in [-0.25, -0.2) is 0 Å². The maximum absolute atomic E-state index is 12.6. The van der Waals surface area contributed by atoms with Crippen molar-refractivity contribution >= 4 is 5.91 Å². The number of hydrogen-bond acceptors (Lipinski definition) is 2. The molecule has 2 N–H and O–H groups in total. The van der Waals surface area contributed by atoms with E-state index in [2.05, 4.69) is 5.32 Å². The maximum atomic E-state index is 12.6. The highest BCUT2D eigenvalue weighted by molar-refractivity contribution is 5.87. The Morgan fingerprint density at radius 1 is 1.05 bits per heavy atom. The van der Waals surface area contributed by atoms with Crippen molar-refractivity contribution in [3.8, 4) is 0 Å². The summed E-state index contributed by atoms with van der Waals surface area (Å²) < 4.78 is 0. The van der Waals surface area contributed by atoms with Crippen LogP contribution in [0.4, 0.5) is 0 Å². The van der Waals surface area contributed by atoms with Crippen LogP contribution in [-0.4, -0.2) is 17.6 Å². The molecular weight excluding hydrogens is 262 g/mol. The van der Waals surface area contributed by atoms with Gasteiger partial charge in [0.15, 0.2) is 0 Å². The van der Waals surface area contributed by atoms with Gasteiger partial charge in [-0.1, -0.05) is 60.7 Å². The van der Waals surface area contributed by atoms with Crippen molar-refractivity contribution in [1.82, 2.24) is 5.32 Å². The van der Waals surface area contributed by atoms with Crippen LogP contribution in [0.3, 0.4) is 0 Å². The number of carbonyl (C=O) groups is 1. The van der Waals surface area contributed by atoms with Crippen LogP contribution < -0.4 is 5.32 Å². The summed E-state index contributed by atoms with van der Waals surface area (Å²) in [4.78, 5) is 12.6. The van der Waals surface area contributed by atoms with Crippen LogP contribution >= 0.6 is 0 Å². The van der Waals surface area contributed by atoms with Crippen molar-refractivity contribution in [1.29, 1.82) is 0 Å². The van der Waals surface area contributed by atoms with Gasteiger partial charge in [0.1, 0.15) is 0 Å². The Kier molecular flexibility index (Phi) is 4.76. The first kappa shape index (κ1) is 15.3. The number of benzene rings is 2. The first-order valence-electron chi connectivity index (χ1n) is 7.08. The van der Waals surface area contributed by atoms with E-state index in [0.717, 1.165) is 11.1 Å². The second-order valence-electron chi connectivity index (χ2n) is 5.61. The molecule has 0 aromatic heterocycles. The third-order valence-corrected chi connectivity index (χ3v) is 3.75. The van der Waals surface area contributed by atoms with Crippen LogP contribution in [0, 0.1) is 0 Å². The van der Waals surface area contributed by atoms with Gasteiger partial charge in [-0.3, -0.25) is 4.79 Å². The molecule has 2 aromatic rings. The molecule has 0 spiro atoms. The number of carbonyl (C=O) groups excluding carboxylic acids is 1. The Balaban J connectivity index is 2.16. The third-order valence-electron chi connectivity index (χ3n) is 3.75. The first-order chi connectivity index (χ1) is 10.1. The summed E-state index contributed by atoms with van der Waals surface area (Å²) in [5.41, 5.74) is 1.20. The summed E-state index contributed by atoms with van der Waals surface area (Å²) in [7, 11) is 0. The molecule has 2 aromatic carbocycles. The summed E-state index contributed by atoms with van der Waals surface area (Å²) in [5.74, 6) is -0.100.